The van der Waals surface area contributed by atoms with Crippen molar-refractivity contribution in [3.8, 4) is 5.69 Å². The standard InChI is InChI=1S/C23H17ClFN5O3/c24-17-5-3-6-18(12-17)30-23(33)29(14-16-4-1-2-7-19(16)25)22(32)20(28-30)21(31)27-13-15-8-10-26-11-9-15/h1-12H,13-14H2,(H,27,31). The summed E-state index contributed by atoms with van der Waals surface area (Å²) in [5.74, 6) is -1.37. The van der Waals surface area contributed by atoms with Crippen LogP contribution in [0.2, 0.25) is 5.02 Å². The second-order valence-corrected chi connectivity index (χ2v) is 7.48. The summed E-state index contributed by atoms with van der Waals surface area (Å²) in [7, 11) is 0. The molecule has 166 valence electrons. The van der Waals surface area contributed by atoms with E-state index in [9.17, 15) is 18.8 Å². The number of pyridine rings is 1. The Morgan fingerprint density at radius 3 is 2.52 bits per heavy atom. The van der Waals surface area contributed by atoms with Gasteiger partial charge in [0.15, 0.2) is 0 Å². The lowest BCUT2D eigenvalue weighted by Gasteiger charge is -2.13. The lowest BCUT2D eigenvalue weighted by Crippen LogP contribution is -2.46. The topological polar surface area (TPSA) is 98.9 Å². The van der Waals surface area contributed by atoms with Gasteiger partial charge in [0.05, 0.1) is 12.2 Å². The Kier molecular flexibility index (Phi) is 6.41. The van der Waals surface area contributed by atoms with Crippen LogP contribution in [0.5, 0.6) is 0 Å². The quantitative estimate of drug-likeness (QED) is 0.472. The van der Waals surface area contributed by atoms with Crippen molar-refractivity contribution in [2.45, 2.75) is 13.1 Å². The van der Waals surface area contributed by atoms with Crippen molar-refractivity contribution in [2.75, 3.05) is 0 Å². The molecule has 2 aromatic carbocycles. The highest BCUT2D eigenvalue weighted by molar-refractivity contribution is 6.30. The molecule has 4 aromatic rings. The third-order valence-corrected chi connectivity index (χ3v) is 5.05. The largest absolute Gasteiger partial charge is 0.352 e. The number of hydrogen-bond acceptors (Lipinski definition) is 5. The maximum absolute atomic E-state index is 14.2. The van der Waals surface area contributed by atoms with Gasteiger partial charge in [0.25, 0.3) is 11.5 Å². The van der Waals surface area contributed by atoms with Crippen molar-refractivity contribution in [3.63, 3.8) is 0 Å². The number of rotatable bonds is 6. The summed E-state index contributed by atoms with van der Waals surface area (Å²) >= 11 is 6.04. The number of carbonyl (C=O) groups excluding carboxylic acids is 1. The summed E-state index contributed by atoms with van der Waals surface area (Å²) in [5, 5.41) is 6.95. The molecule has 0 saturated heterocycles. The van der Waals surface area contributed by atoms with E-state index in [0.29, 0.717) is 5.02 Å². The van der Waals surface area contributed by atoms with Crippen molar-refractivity contribution >= 4 is 17.5 Å². The van der Waals surface area contributed by atoms with Gasteiger partial charge in [-0.3, -0.25) is 19.1 Å². The van der Waals surface area contributed by atoms with Crippen molar-refractivity contribution in [2.24, 2.45) is 0 Å². The van der Waals surface area contributed by atoms with E-state index in [0.717, 1.165) is 14.8 Å². The SMILES string of the molecule is O=C(NCc1ccncc1)c1nn(-c2cccc(Cl)c2)c(=O)n(Cc2ccccc2F)c1=O. The van der Waals surface area contributed by atoms with Gasteiger partial charge in [-0.1, -0.05) is 35.9 Å². The Morgan fingerprint density at radius 1 is 1.03 bits per heavy atom. The first-order valence-corrected chi connectivity index (χ1v) is 10.2. The molecule has 0 spiro atoms. The Labute approximate surface area is 191 Å². The molecule has 0 saturated carbocycles. The van der Waals surface area contributed by atoms with E-state index in [2.05, 4.69) is 15.4 Å². The van der Waals surface area contributed by atoms with Gasteiger partial charge in [-0.05, 0) is 42.0 Å². The first-order chi connectivity index (χ1) is 15.9. The normalized spacial score (nSPS) is 10.7. The summed E-state index contributed by atoms with van der Waals surface area (Å²) in [5.41, 5.74) is -1.17. The average Bonchev–Trinajstić information content (AvgIpc) is 2.82. The number of amides is 1. The summed E-state index contributed by atoms with van der Waals surface area (Å²) in [4.78, 5) is 43.0. The fourth-order valence-electron chi connectivity index (χ4n) is 3.14. The molecule has 1 amide bonds. The fraction of sp³-hybridized carbons (Fsp3) is 0.0870. The fourth-order valence-corrected chi connectivity index (χ4v) is 3.32. The molecular weight excluding hydrogens is 449 g/mol. The van der Waals surface area contributed by atoms with Crippen LogP contribution >= 0.6 is 11.6 Å². The molecule has 1 N–H and O–H groups in total. The first-order valence-electron chi connectivity index (χ1n) is 9.84. The molecule has 8 nitrogen and oxygen atoms in total. The smallest absolute Gasteiger partial charge is 0.346 e. The van der Waals surface area contributed by atoms with Crippen LogP contribution < -0.4 is 16.6 Å². The highest BCUT2D eigenvalue weighted by Gasteiger charge is 2.21. The molecule has 0 bridgehead atoms. The van der Waals surface area contributed by atoms with E-state index < -0.39 is 28.7 Å². The Bertz CT molecular complexity index is 1440. The van der Waals surface area contributed by atoms with Crippen LogP contribution in [0.4, 0.5) is 4.39 Å². The third-order valence-electron chi connectivity index (χ3n) is 4.82. The maximum Gasteiger partial charge on any atom is 0.352 e. The van der Waals surface area contributed by atoms with Crippen LogP contribution in [0.3, 0.4) is 0 Å². The number of nitrogens with one attached hydrogen (secondary N) is 1. The monoisotopic (exact) mass is 465 g/mol. The number of hydrogen-bond donors (Lipinski definition) is 1. The summed E-state index contributed by atoms with van der Waals surface area (Å²) in [6.07, 6.45) is 3.14. The zero-order valence-corrected chi connectivity index (χ0v) is 17.9. The molecule has 0 radical (unpaired) electrons. The lowest BCUT2D eigenvalue weighted by molar-refractivity contribution is 0.0941. The minimum absolute atomic E-state index is 0.115. The molecule has 33 heavy (non-hydrogen) atoms. The minimum Gasteiger partial charge on any atom is -0.346 e. The minimum atomic E-state index is -0.936. The zero-order valence-electron chi connectivity index (χ0n) is 17.1. The van der Waals surface area contributed by atoms with Gasteiger partial charge in [-0.2, -0.15) is 9.78 Å². The van der Waals surface area contributed by atoms with E-state index in [1.165, 1.54) is 24.3 Å². The third kappa shape index (κ3) is 4.88. The van der Waals surface area contributed by atoms with Gasteiger partial charge in [-0.15, -0.1) is 0 Å². The number of benzene rings is 2. The summed E-state index contributed by atoms with van der Waals surface area (Å²) < 4.78 is 15.9. The molecule has 0 aliphatic rings. The van der Waals surface area contributed by atoms with Gasteiger partial charge in [0, 0.05) is 29.5 Å². The highest BCUT2D eigenvalue weighted by atomic mass is 35.5. The number of halogens is 2. The van der Waals surface area contributed by atoms with Gasteiger partial charge in [0.2, 0.25) is 5.69 Å². The van der Waals surface area contributed by atoms with Crippen molar-refractivity contribution in [1.29, 1.82) is 0 Å². The number of aromatic nitrogens is 4. The van der Waals surface area contributed by atoms with Crippen LogP contribution in [0.15, 0.2) is 82.6 Å². The van der Waals surface area contributed by atoms with E-state index in [4.69, 9.17) is 11.6 Å². The molecule has 10 heteroatoms. The highest BCUT2D eigenvalue weighted by Crippen LogP contribution is 2.13. The molecular formula is C23H17ClFN5O3. The predicted molar refractivity (Wildman–Crippen MR) is 120 cm³/mol. The van der Waals surface area contributed by atoms with Gasteiger partial charge < -0.3 is 5.32 Å². The number of nitrogens with zero attached hydrogens (tertiary/aromatic N) is 4. The molecule has 2 aromatic heterocycles. The zero-order chi connectivity index (χ0) is 23.4. The maximum atomic E-state index is 14.2. The van der Waals surface area contributed by atoms with E-state index in [-0.39, 0.29) is 24.3 Å². The molecule has 0 aliphatic heterocycles. The van der Waals surface area contributed by atoms with E-state index in [1.807, 2.05) is 0 Å². The molecule has 2 heterocycles. The molecule has 0 atom stereocenters. The molecule has 0 unspecified atom stereocenters. The van der Waals surface area contributed by atoms with Crippen molar-refractivity contribution < 1.29 is 9.18 Å². The predicted octanol–water partition coefficient (Wildman–Crippen LogP) is 2.56. The van der Waals surface area contributed by atoms with E-state index >= 15 is 0 Å². The van der Waals surface area contributed by atoms with Crippen molar-refractivity contribution in [3.05, 3.63) is 122 Å². The Hall–Kier alpha value is -4.11. The van der Waals surface area contributed by atoms with Crippen LogP contribution in [-0.4, -0.2) is 25.2 Å². The van der Waals surface area contributed by atoms with Gasteiger partial charge >= 0.3 is 5.69 Å². The first kappa shape index (κ1) is 22.1. The van der Waals surface area contributed by atoms with Crippen LogP contribution in [0.25, 0.3) is 5.69 Å². The second-order valence-electron chi connectivity index (χ2n) is 7.04. The molecule has 0 fully saturated rings. The van der Waals surface area contributed by atoms with Crippen molar-refractivity contribution in [1.82, 2.24) is 24.6 Å². The summed E-state index contributed by atoms with van der Waals surface area (Å²) in [6, 6.07) is 15.4. The Balaban J connectivity index is 1.80. The van der Waals surface area contributed by atoms with E-state index in [1.54, 1.807) is 48.8 Å². The lowest BCUT2D eigenvalue weighted by atomic mass is 10.2. The van der Waals surface area contributed by atoms with Gasteiger partial charge in [-0.25, -0.2) is 9.18 Å². The molecule has 0 aliphatic carbocycles. The summed E-state index contributed by atoms with van der Waals surface area (Å²) in [6.45, 7) is -0.260. The average molecular weight is 466 g/mol. The van der Waals surface area contributed by atoms with Crippen LogP contribution in [0, 0.1) is 5.82 Å². The second kappa shape index (κ2) is 9.58. The number of carbonyl (C=O) groups is 1. The van der Waals surface area contributed by atoms with Crippen LogP contribution in [-0.2, 0) is 13.1 Å². The molecule has 4 rings (SSSR count). The Morgan fingerprint density at radius 2 is 1.79 bits per heavy atom. The van der Waals surface area contributed by atoms with Gasteiger partial charge in [0.1, 0.15) is 5.82 Å². The van der Waals surface area contributed by atoms with Crippen LogP contribution in [0.1, 0.15) is 21.6 Å².